The first-order valence-electron chi connectivity index (χ1n) is 5.95. The average Bonchev–Trinajstić information content (AvgIpc) is 2.78. The number of thiophene rings is 1. The molecule has 0 amide bonds. The van der Waals surface area contributed by atoms with E-state index < -0.39 is 0 Å². The third-order valence-corrected chi connectivity index (χ3v) is 4.30. The van der Waals surface area contributed by atoms with Gasteiger partial charge in [-0.2, -0.15) is 0 Å². The summed E-state index contributed by atoms with van der Waals surface area (Å²) in [6, 6.07) is 13.2. The van der Waals surface area contributed by atoms with Crippen LogP contribution in [0.1, 0.15) is 24.6 Å². The van der Waals surface area contributed by atoms with Crippen molar-refractivity contribution in [2.24, 2.45) is 0 Å². The predicted molar refractivity (Wildman–Crippen MR) is 78.2 cm³/mol. The van der Waals surface area contributed by atoms with Crippen molar-refractivity contribution in [1.82, 2.24) is 0 Å². The Balaban J connectivity index is 2.27. The molecule has 1 aromatic heterocycles. The molecule has 0 aliphatic rings. The lowest BCUT2D eigenvalue weighted by Gasteiger charge is -2.12. The standard InChI is InChI=1S/C15H19NS/c1-11(2)14-9-10-15(17-14)12-5-7-13(8-6-12)16(3)4/h5-11H,1-4H3. The van der Waals surface area contributed by atoms with Gasteiger partial charge in [-0.15, -0.1) is 11.3 Å². The van der Waals surface area contributed by atoms with E-state index in [4.69, 9.17) is 0 Å². The van der Waals surface area contributed by atoms with Crippen LogP contribution in [-0.4, -0.2) is 14.1 Å². The Kier molecular flexibility index (Phi) is 3.53. The number of nitrogens with zero attached hydrogens (tertiary/aromatic N) is 1. The lowest BCUT2D eigenvalue weighted by Crippen LogP contribution is -2.07. The molecule has 0 radical (unpaired) electrons. The lowest BCUT2D eigenvalue weighted by atomic mass is 10.1. The Hall–Kier alpha value is -1.28. The third kappa shape index (κ3) is 2.70. The van der Waals surface area contributed by atoms with Gasteiger partial charge in [0, 0.05) is 29.5 Å². The maximum absolute atomic E-state index is 2.24. The Bertz CT molecular complexity index is 480. The lowest BCUT2D eigenvalue weighted by molar-refractivity contribution is 0.890. The second-order valence-electron chi connectivity index (χ2n) is 4.80. The fourth-order valence-corrected chi connectivity index (χ4v) is 2.76. The van der Waals surface area contributed by atoms with Crippen LogP contribution in [0.2, 0.25) is 0 Å². The maximum Gasteiger partial charge on any atom is 0.0361 e. The highest BCUT2D eigenvalue weighted by molar-refractivity contribution is 7.15. The quantitative estimate of drug-likeness (QED) is 0.763. The first-order valence-corrected chi connectivity index (χ1v) is 6.77. The summed E-state index contributed by atoms with van der Waals surface area (Å²) < 4.78 is 0. The molecule has 0 aliphatic heterocycles. The minimum atomic E-state index is 0.620. The minimum absolute atomic E-state index is 0.620. The zero-order valence-corrected chi connectivity index (χ0v) is 11.7. The average molecular weight is 245 g/mol. The van der Waals surface area contributed by atoms with Gasteiger partial charge in [0.25, 0.3) is 0 Å². The van der Waals surface area contributed by atoms with Crippen molar-refractivity contribution in [2.75, 3.05) is 19.0 Å². The number of hydrogen-bond acceptors (Lipinski definition) is 2. The zero-order chi connectivity index (χ0) is 12.4. The van der Waals surface area contributed by atoms with E-state index in [1.54, 1.807) is 0 Å². The van der Waals surface area contributed by atoms with E-state index in [9.17, 15) is 0 Å². The molecule has 2 heteroatoms. The van der Waals surface area contributed by atoms with Gasteiger partial charge in [0.2, 0.25) is 0 Å². The minimum Gasteiger partial charge on any atom is -0.378 e. The molecule has 0 saturated carbocycles. The van der Waals surface area contributed by atoms with Gasteiger partial charge < -0.3 is 4.90 Å². The van der Waals surface area contributed by atoms with Crippen molar-refractivity contribution in [2.45, 2.75) is 19.8 Å². The number of anilines is 1. The molecular formula is C15H19NS. The Morgan fingerprint density at radius 3 is 2.06 bits per heavy atom. The van der Waals surface area contributed by atoms with Crippen molar-refractivity contribution in [1.29, 1.82) is 0 Å². The highest BCUT2D eigenvalue weighted by Crippen LogP contribution is 2.32. The molecule has 0 spiro atoms. The van der Waals surface area contributed by atoms with Crippen LogP contribution in [0.4, 0.5) is 5.69 Å². The second-order valence-corrected chi connectivity index (χ2v) is 5.91. The molecule has 2 aromatic rings. The van der Waals surface area contributed by atoms with Crippen LogP contribution >= 0.6 is 11.3 Å². The van der Waals surface area contributed by atoms with Crippen LogP contribution in [0.3, 0.4) is 0 Å². The van der Waals surface area contributed by atoms with Gasteiger partial charge in [-0.1, -0.05) is 26.0 Å². The maximum atomic E-state index is 2.24. The molecule has 1 aromatic carbocycles. The van der Waals surface area contributed by atoms with Crippen LogP contribution in [-0.2, 0) is 0 Å². The summed E-state index contributed by atoms with van der Waals surface area (Å²) in [6.07, 6.45) is 0. The van der Waals surface area contributed by atoms with Crippen molar-refractivity contribution < 1.29 is 0 Å². The molecule has 1 heterocycles. The highest BCUT2D eigenvalue weighted by Gasteiger charge is 2.05. The predicted octanol–water partition coefficient (Wildman–Crippen LogP) is 4.60. The fourth-order valence-electron chi connectivity index (χ4n) is 1.74. The molecule has 0 atom stereocenters. The molecule has 17 heavy (non-hydrogen) atoms. The number of rotatable bonds is 3. The highest BCUT2D eigenvalue weighted by atomic mass is 32.1. The molecule has 0 N–H and O–H groups in total. The molecule has 0 unspecified atom stereocenters. The van der Waals surface area contributed by atoms with Gasteiger partial charge in [-0.05, 0) is 35.7 Å². The third-order valence-electron chi connectivity index (χ3n) is 2.86. The number of hydrogen-bond donors (Lipinski definition) is 0. The largest absolute Gasteiger partial charge is 0.378 e. The van der Waals surface area contributed by atoms with Gasteiger partial charge in [-0.25, -0.2) is 0 Å². The van der Waals surface area contributed by atoms with E-state index in [2.05, 4.69) is 69.2 Å². The smallest absolute Gasteiger partial charge is 0.0361 e. The van der Waals surface area contributed by atoms with Crippen molar-refractivity contribution in [3.63, 3.8) is 0 Å². The molecule has 0 saturated heterocycles. The van der Waals surface area contributed by atoms with Gasteiger partial charge >= 0.3 is 0 Å². The molecular weight excluding hydrogens is 226 g/mol. The van der Waals surface area contributed by atoms with E-state index >= 15 is 0 Å². The van der Waals surface area contributed by atoms with Crippen LogP contribution in [0.5, 0.6) is 0 Å². The topological polar surface area (TPSA) is 3.24 Å². The summed E-state index contributed by atoms with van der Waals surface area (Å²) in [5, 5.41) is 0. The summed E-state index contributed by atoms with van der Waals surface area (Å²) >= 11 is 1.89. The van der Waals surface area contributed by atoms with Crippen LogP contribution in [0.15, 0.2) is 36.4 Å². The molecule has 0 aliphatic carbocycles. The van der Waals surface area contributed by atoms with E-state index in [0.717, 1.165) is 0 Å². The second kappa shape index (κ2) is 4.92. The summed E-state index contributed by atoms with van der Waals surface area (Å²) in [6.45, 7) is 4.48. The SMILES string of the molecule is CC(C)c1ccc(-c2ccc(N(C)C)cc2)s1. The van der Waals surface area contributed by atoms with E-state index in [1.807, 2.05) is 11.3 Å². The fraction of sp³-hybridized carbons (Fsp3) is 0.333. The van der Waals surface area contributed by atoms with Crippen LogP contribution in [0.25, 0.3) is 10.4 Å². The van der Waals surface area contributed by atoms with Crippen LogP contribution < -0.4 is 4.90 Å². The van der Waals surface area contributed by atoms with Crippen molar-refractivity contribution in [3.05, 3.63) is 41.3 Å². The summed E-state index contributed by atoms with van der Waals surface area (Å²) in [7, 11) is 4.13. The van der Waals surface area contributed by atoms with Gasteiger partial charge in [0.1, 0.15) is 0 Å². The first kappa shape index (κ1) is 12.2. The summed E-state index contributed by atoms with van der Waals surface area (Å²) in [5.74, 6) is 0.620. The zero-order valence-electron chi connectivity index (χ0n) is 10.9. The van der Waals surface area contributed by atoms with E-state index in [1.165, 1.54) is 21.0 Å². The first-order chi connectivity index (χ1) is 8.08. The van der Waals surface area contributed by atoms with Gasteiger partial charge in [-0.3, -0.25) is 0 Å². The normalized spacial score (nSPS) is 10.9. The van der Waals surface area contributed by atoms with Gasteiger partial charge in [0.15, 0.2) is 0 Å². The molecule has 90 valence electrons. The van der Waals surface area contributed by atoms with Crippen molar-refractivity contribution >= 4 is 17.0 Å². The van der Waals surface area contributed by atoms with E-state index in [-0.39, 0.29) is 0 Å². The summed E-state index contributed by atoms with van der Waals surface area (Å²) in [5.41, 5.74) is 2.56. The molecule has 2 rings (SSSR count). The molecule has 1 nitrogen and oxygen atoms in total. The van der Waals surface area contributed by atoms with Gasteiger partial charge in [0.05, 0.1) is 0 Å². The Morgan fingerprint density at radius 1 is 0.941 bits per heavy atom. The monoisotopic (exact) mass is 245 g/mol. The Labute approximate surface area is 108 Å². The van der Waals surface area contributed by atoms with Crippen molar-refractivity contribution in [3.8, 4) is 10.4 Å². The molecule has 0 bridgehead atoms. The molecule has 0 fully saturated rings. The number of benzene rings is 1. The van der Waals surface area contributed by atoms with E-state index in [0.29, 0.717) is 5.92 Å². The Morgan fingerprint density at radius 2 is 1.59 bits per heavy atom. The van der Waals surface area contributed by atoms with Crippen LogP contribution in [0, 0.1) is 0 Å². The summed E-state index contributed by atoms with van der Waals surface area (Å²) in [4.78, 5) is 4.94.